The van der Waals surface area contributed by atoms with E-state index < -0.39 is 11.3 Å². The molecule has 1 aromatic heterocycles. The smallest absolute Gasteiger partial charge is 0.290 e. The van der Waals surface area contributed by atoms with Crippen LogP contribution in [-0.2, 0) is 4.79 Å². The lowest BCUT2D eigenvalue weighted by atomic mass is 10.2. The molecule has 1 saturated heterocycles. The molecule has 0 aromatic carbocycles. The van der Waals surface area contributed by atoms with Crippen molar-refractivity contribution in [3.8, 4) is 0 Å². The fraction of sp³-hybridized carbons (Fsp3) is 0.400. The molecule has 1 amide bonds. The van der Waals surface area contributed by atoms with Gasteiger partial charge in [0, 0.05) is 6.54 Å². The fourth-order valence-electron chi connectivity index (χ4n) is 1.79. The summed E-state index contributed by atoms with van der Waals surface area (Å²) in [7, 11) is 0. The number of carbonyl (C=O) groups is 2. The van der Waals surface area contributed by atoms with Crippen LogP contribution in [0.3, 0.4) is 0 Å². The molecule has 0 spiro atoms. The van der Waals surface area contributed by atoms with Crippen molar-refractivity contribution >= 4 is 22.8 Å². The summed E-state index contributed by atoms with van der Waals surface area (Å²) in [6.07, 6.45) is 2.87. The van der Waals surface area contributed by atoms with Crippen LogP contribution in [0.5, 0.6) is 0 Å². The van der Waals surface area contributed by atoms with E-state index in [1.54, 1.807) is 12.1 Å². The van der Waals surface area contributed by atoms with Gasteiger partial charge in [0.25, 0.3) is 5.91 Å². The number of nitrogens with zero attached hydrogens (tertiary/aromatic N) is 1. The Bertz CT molecular complexity index is 374. The van der Waals surface area contributed by atoms with Gasteiger partial charge in [-0.2, -0.15) is 0 Å². The molecular formula is C10H10ClNO3. The molecule has 0 bridgehead atoms. The maximum absolute atomic E-state index is 11.8. The number of amides is 1. The minimum absolute atomic E-state index is 0.250. The molecule has 0 saturated carbocycles. The minimum atomic E-state index is -0.496. The molecule has 0 aliphatic carbocycles. The van der Waals surface area contributed by atoms with E-state index in [1.165, 1.54) is 11.2 Å². The van der Waals surface area contributed by atoms with Crippen molar-refractivity contribution in [3.63, 3.8) is 0 Å². The van der Waals surface area contributed by atoms with Crippen LogP contribution in [0.25, 0.3) is 0 Å². The number of rotatable bonds is 2. The van der Waals surface area contributed by atoms with Crippen LogP contribution in [0.1, 0.15) is 23.4 Å². The second kappa shape index (κ2) is 4.06. The van der Waals surface area contributed by atoms with Gasteiger partial charge in [0.05, 0.1) is 6.26 Å². The van der Waals surface area contributed by atoms with E-state index in [4.69, 9.17) is 16.0 Å². The Labute approximate surface area is 91.8 Å². The second-order valence-corrected chi connectivity index (χ2v) is 3.81. The van der Waals surface area contributed by atoms with Crippen molar-refractivity contribution in [2.75, 3.05) is 6.54 Å². The summed E-state index contributed by atoms with van der Waals surface area (Å²) in [5.74, 6) is -0.0173. The monoisotopic (exact) mass is 227 g/mol. The number of halogens is 1. The molecule has 5 heteroatoms. The number of likely N-dealkylation sites (tertiary alicyclic amines) is 1. The van der Waals surface area contributed by atoms with Crippen LogP contribution in [0, 0.1) is 0 Å². The molecule has 1 fully saturated rings. The average Bonchev–Trinajstić information content (AvgIpc) is 2.88. The molecule has 4 nitrogen and oxygen atoms in total. The largest absolute Gasteiger partial charge is 0.459 e. The zero-order chi connectivity index (χ0) is 10.8. The highest BCUT2D eigenvalue weighted by Gasteiger charge is 2.34. The number of hydrogen-bond donors (Lipinski definition) is 0. The third-order valence-corrected chi connectivity index (χ3v) is 2.76. The van der Waals surface area contributed by atoms with Gasteiger partial charge < -0.3 is 9.32 Å². The molecule has 0 radical (unpaired) electrons. The Balaban J connectivity index is 2.17. The van der Waals surface area contributed by atoms with Gasteiger partial charge in [0.1, 0.15) is 6.04 Å². The van der Waals surface area contributed by atoms with Gasteiger partial charge in [-0.05, 0) is 36.6 Å². The van der Waals surface area contributed by atoms with E-state index in [-0.39, 0.29) is 11.7 Å². The van der Waals surface area contributed by atoms with Crippen molar-refractivity contribution in [2.24, 2.45) is 0 Å². The fourth-order valence-corrected chi connectivity index (χ4v) is 2.01. The van der Waals surface area contributed by atoms with Gasteiger partial charge in [0.2, 0.25) is 5.24 Å². The third-order valence-electron chi connectivity index (χ3n) is 2.51. The number of hydrogen-bond acceptors (Lipinski definition) is 3. The number of furan rings is 1. The van der Waals surface area contributed by atoms with Gasteiger partial charge in [-0.25, -0.2) is 0 Å². The van der Waals surface area contributed by atoms with Gasteiger partial charge in [-0.3, -0.25) is 9.59 Å². The van der Waals surface area contributed by atoms with Crippen LogP contribution in [0.4, 0.5) is 0 Å². The van der Waals surface area contributed by atoms with Crippen molar-refractivity contribution in [1.29, 1.82) is 0 Å². The minimum Gasteiger partial charge on any atom is -0.459 e. The predicted molar refractivity (Wildman–Crippen MR) is 53.6 cm³/mol. The average molecular weight is 228 g/mol. The van der Waals surface area contributed by atoms with E-state index in [0.717, 1.165) is 6.42 Å². The maximum atomic E-state index is 11.8. The SMILES string of the molecule is O=C(Cl)C1CCCN1C(=O)c1ccco1. The summed E-state index contributed by atoms with van der Waals surface area (Å²) < 4.78 is 4.99. The molecule has 1 aliphatic heterocycles. The Morgan fingerprint density at radius 3 is 2.93 bits per heavy atom. The summed E-state index contributed by atoms with van der Waals surface area (Å²) >= 11 is 5.42. The topological polar surface area (TPSA) is 50.5 Å². The molecule has 0 N–H and O–H groups in total. The van der Waals surface area contributed by atoms with Crippen molar-refractivity contribution in [1.82, 2.24) is 4.90 Å². The van der Waals surface area contributed by atoms with Crippen molar-refractivity contribution in [3.05, 3.63) is 24.2 Å². The molecule has 2 heterocycles. The maximum Gasteiger partial charge on any atom is 0.290 e. The quantitative estimate of drug-likeness (QED) is 0.722. The third kappa shape index (κ3) is 1.90. The summed E-state index contributed by atoms with van der Waals surface area (Å²) in [4.78, 5) is 24.4. The Morgan fingerprint density at radius 2 is 2.33 bits per heavy atom. The zero-order valence-electron chi connectivity index (χ0n) is 7.98. The van der Waals surface area contributed by atoms with E-state index >= 15 is 0 Å². The summed E-state index contributed by atoms with van der Waals surface area (Å²) in [5.41, 5.74) is 0. The van der Waals surface area contributed by atoms with Gasteiger partial charge in [0.15, 0.2) is 5.76 Å². The first kappa shape index (κ1) is 10.2. The normalized spacial score (nSPS) is 20.6. The van der Waals surface area contributed by atoms with Crippen LogP contribution in [0.2, 0.25) is 0 Å². The summed E-state index contributed by atoms with van der Waals surface area (Å²) in [5, 5.41) is -0.479. The lowest BCUT2D eigenvalue weighted by molar-refractivity contribution is -0.115. The van der Waals surface area contributed by atoms with Crippen LogP contribution in [-0.4, -0.2) is 28.6 Å². The van der Waals surface area contributed by atoms with Crippen molar-refractivity contribution in [2.45, 2.75) is 18.9 Å². The van der Waals surface area contributed by atoms with E-state index in [1.807, 2.05) is 0 Å². The van der Waals surface area contributed by atoms with E-state index in [9.17, 15) is 9.59 Å². The molecule has 2 rings (SSSR count). The summed E-state index contributed by atoms with van der Waals surface area (Å²) in [6.45, 7) is 0.558. The molecule has 15 heavy (non-hydrogen) atoms. The predicted octanol–water partition coefficient (Wildman–Crippen LogP) is 1.65. The lowest BCUT2D eigenvalue weighted by Gasteiger charge is -2.20. The molecular weight excluding hydrogens is 218 g/mol. The summed E-state index contributed by atoms with van der Waals surface area (Å²) in [6, 6.07) is 2.72. The molecule has 1 aromatic rings. The first-order valence-electron chi connectivity index (χ1n) is 4.74. The molecule has 80 valence electrons. The Kier molecular flexibility index (Phi) is 2.77. The molecule has 1 atom stereocenters. The number of carbonyl (C=O) groups excluding carboxylic acids is 2. The first-order chi connectivity index (χ1) is 7.20. The van der Waals surface area contributed by atoms with E-state index in [2.05, 4.69) is 0 Å². The standard InChI is InChI=1S/C10H10ClNO3/c11-9(13)7-3-1-5-12(7)10(14)8-4-2-6-15-8/h2,4,6-7H,1,3,5H2. The van der Waals surface area contributed by atoms with Gasteiger partial charge >= 0.3 is 0 Å². The zero-order valence-corrected chi connectivity index (χ0v) is 8.74. The van der Waals surface area contributed by atoms with Crippen LogP contribution in [0.15, 0.2) is 22.8 Å². The Hall–Kier alpha value is -1.29. The highest BCUT2D eigenvalue weighted by atomic mass is 35.5. The highest BCUT2D eigenvalue weighted by molar-refractivity contribution is 6.64. The van der Waals surface area contributed by atoms with Crippen molar-refractivity contribution < 1.29 is 14.0 Å². The first-order valence-corrected chi connectivity index (χ1v) is 5.12. The molecule has 1 unspecified atom stereocenters. The lowest BCUT2D eigenvalue weighted by Crippen LogP contribution is -2.38. The van der Waals surface area contributed by atoms with E-state index in [0.29, 0.717) is 13.0 Å². The Morgan fingerprint density at radius 1 is 1.53 bits per heavy atom. The van der Waals surface area contributed by atoms with Crippen LogP contribution >= 0.6 is 11.6 Å². The van der Waals surface area contributed by atoms with Crippen LogP contribution < -0.4 is 0 Å². The van der Waals surface area contributed by atoms with Gasteiger partial charge in [-0.15, -0.1) is 0 Å². The highest BCUT2D eigenvalue weighted by Crippen LogP contribution is 2.21. The second-order valence-electron chi connectivity index (χ2n) is 3.44. The van der Waals surface area contributed by atoms with Gasteiger partial charge in [-0.1, -0.05) is 0 Å². The molecule has 1 aliphatic rings.